The molecular formula is C17H15N3O3S2. The Kier molecular flexibility index (Phi) is 5.30. The van der Waals surface area contributed by atoms with Gasteiger partial charge in [-0.2, -0.15) is 0 Å². The first kappa shape index (κ1) is 17.4. The number of carbonyl (C=O) groups is 2. The molecule has 3 rings (SSSR count). The molecule has 0 aliphatic carbocycles. The molecule has 6 nitrogen and oxygen atoms in total. The number of benzene rings is 1. The van der Waals surface area contributed by atoms with Gasteiger partial charge < -0.3 is 10.1 Å². The molecule has 2 aromatic heterocycles. The number of carbonyl (C=O) groups excluding carboxylic acids is 2. The standard InChI is InChI=1S/C17H15N3O3S2/c1-10-7-12-15(18-9-19-16(12)25-10)24-8-14(21)20-13-6-4-3-5-11(13)17(22)23-2/h3-7,9H,8H2,1-2H3,(H,20,21). The number of para-hydroxylation sites is 1. The average molecular weight is 373 g/mol. The zero-order valence-electron chi connectivity index (χ0n) is 13.6. The van der Waals surface area contributed by atoms with E-state index < -0.39 is 5.97 Å². The van der Waals surface area contributed by atoms with Crippen molar-refractivity contribution < 1.29 is 14.3 Å². The number of hydrogen-bond donors (Lipinski definition) is 1. The molecule has 0 saturated carbocycles. The van der Waals surface area contributed by atoms with E-state index in [9.17, 15) is 9.59 Å². The van der Waals surface area contributed by atoms with Crippen molar-refractivity contribution in [3.63, 3.8) is 0 Å². The normalized spacial score (nSPS) is 10.6. The Bertz CT molecular complexity index is 940. The van der Waals surface area contributed by atoms with Crippen LogP contribution in [0.3, 0.4) is 0 Å². The summed E-state index contributed by atoms with van der Waals surface area (Å²) in [5.74, 6) is -0.536. The number of aryl methyl sites for hydroxylation is 1. The molecule has 1 aromatic carbocycles. The predicted molar refractivity (Wildman–Crippen MR) is 99.3 cm³/mol. The van der Waals surface area contributed by atoms with Gasteiger partial charge in [-0.1, -0.05) is 23.9 Å². The Morgan fingerprint density at radius 2 is 2.08 bits per heavy atom. The summed E-state index contributed by atoms with van der Waals surface area (Å²) in [6.07, 6.45) is 1.51. The molecule has 0 aliphatic rings. The number of ether oxygens (including phenoxy) is 1. The average Bonchev–Trinajstić information content (AvgIpc) is 3.00. The Morgan fingerprint density at radius 3 is 2.88 bits per heavy atom. The summed E-state index contributed by atoms with van der Waals surface area (Å²) in [4.78, 5) is 34.6. The van der Waals surface area contributed by atoms with Crippen LogP contribution in [0, 0.1) is 6.92 Å². The fourth-order valence-electron chi connectivity index (χ4n) is 2.27. The van der Waals surface area contributed by atoms with Crippen molar-refractivity contribution in [1.82, 2.24) is 9.97 Å². The van der Waals surface area contributed by atoms with E-state index >= 15 is 0 Å². The van der Waals surface area contributed by atoms with Crippen molar-refractivity contribution in [3.05, 3.63) is 47.1 Å². The molecule has 0 bridgehead atoms. The predicted octanol–water partition coefficient (Wildman–Crippen LogP) is 3.52. The number of aromatic nitrogens is 2. The van der Waals surface area contributed by atoms with E-state index in [-0.39, 0.29) is 11.7 Å². The van der Waals surface area contributed by atoms with Gasteiger partial charge in [0, 0.05) is 10.3 Å². The molecule has 1 amide bonds. The third kappa shape index (κ3) is 3.97. The largest absolute Gasteiger partial charge is 0.465 e. The third-order valence-electron chi connectivity index (χ3n) is 3.36. The van der Waals surface area contributed by atoms with Gasteiger partial charge in [-0.25, -0.2) is 14.8 Å². The lowest BCUT2D eigenvalue weighted by atomic mass is 10.2. The first-order valence-electron chi connectivity index (χ1n) is 7.39. The van der Waals surface area contributed by atoms with E-state index in [2.05, 4.69) is 15.3 Å². The van der Waals surface area contributed by atoms with Gasteiger partial charge in [0.05, 0.1) is 24.1 Å². The van der Waals surface area contributed by atoms with Crippen LogP contribution in [0.2, 0.25) is 0 Å². The minimum atomic E-state index is -0.491. The highest BCUT2D eigenvalue weighted by atomic mass is 32.2. The van der Waals surface area contributed by atoms with Crippen molar-refractivity contribution in [3.8, 4) is 0 Å². The highest BCUT2D eigenvalue weighted by molar-refractivity contribution is 8.00. The molecule has 8 heteroatoms. The smallest absolute Gasteiger partial charge is 0.339 e. The zero-order valence-corrected chi connectivity index (χ0v) is 15.2. The van der Waals surface area contributed by atoms with Crippen LogP contribution in [-0.4, -0.2) is 34.7 Å². The first-order valence-corrected chi connectivity index (χ1v) is 9.20. The van der Waals surface area contributed by atoms with E-state index in [1.807, 2.05) is 13.0 Å². The topological polar surface area (TPSA) is 81.2 Å². The van der Waals surface area contributed by atoms with Crippen LogP contribution >= 0.6 is 23.1 Å². The summed E-state index contributed by atoms with van der Waals surface area (Å²) >= 11 is 2.93. The number of nitrogens with one attached hydrogen (secondary N) is 1. The molecule has 0 saturated heterocycles. The molecule has 0 fully saturated rings. The number of methoxy groups -OCH3 is 1. The first-order chi connectivity index (χ1) is 12.1. The fourth-order valence-corrected chi connectivity index (χ4v) is 3.95. The SMILES string of the molecule is COC(=O)c1ccccc1NC(=O)CSc1ncnc2sc(C)cc12. The monoisotopic (exact) mass is 373 g/mol. The molecule has 3 aromatic rings. The van der Waals surface area contributed by atoms with Crippen LogP contribution in [0.5, 0.6) is 0 Å². The van der Waals surface area contributed by atoms with Gasteiger partial charge in [0.2, 0.25) is 5.91 Å². The summed E-state index contributed by atoms with van der Waals surface area (Å²) in [5.41, 5.74) is 0.750. The maximum absolute atomic E-state index is 12.3. The molecule has 2 heterocycles. The summed E-state index contributed by atoms with van der Waals surface area (Å²) in [7, 11) is 1.31. The molecule has 1 N–H and O–H groups in total. The minimum absolute atomic E-state index is 0.177. The van der Waals surface area contributed by atoms with Crippen molar-refractivity contribution >= 4 is 50.9 Å². The summed E-state index contributed by atoms with van der Waals surface area (Å²) in [6, 6.07) is 8.76. The number of hydrogen-bond acceptors (Lipinski definition) is 7. The quantitative estimate of drug-likeness (QED) is 0.419. The highest BCUT2D eigenvalue weighted by Gasteiger charge is 2.14. The van der Waals surface area contributed by atoms with E-state index in [0.717, 1.165) is 20.1 Å². The number of esters is 1. The number of nitrogens with zero attached hydrogens (tertiary/aromatic N) is 2. The van der Waals surface area contributed by atoms with Gasteiger partial charge in [-0.15, -0.1) is 11.3 Å². The van der Waals surface area contributed by atoms with E-state index in [1.54, 1.807) is 35.6 Å². The molecule has 128 valence electrons. The number of fused-ring (bicyclic) bond motifs is 1. The van der Waals surface area contributed by atoms with Crippen LogP contribution in [0.4, 0.5) is 5.69 Å². The van der Waals surface area contributed by atoms with E-state index in [0.29, 0.717) is 11.3 Å². The lowest BCUT2D eigenvalue weighted by Gasteiger charge is -2.09. The molecule has 0 spiro atoms. The second-order valence-electron chi connectivity index (χ2n) is 5.13. The lowest BCUT2D eigenvalue weighted by molar-refractivity contribution is -0.113. The Morgan fingerprint density at radius 1 is 1.28 bits per heavy atom. The Balaban J connectivity index is 1.70. The van der Waals surface area contributed by atoms with Crippen LogP contribution in [0.25, 0.3) is 10.2 Å². The molecule has 0 aliphatic heterocycles. The number of thiophene rings is 1. The summed E-state index contributed by atoms with van der Waals surface area (Å²) < 4.78 is 4.73. The van der Waals surface area contributed by atoms with Crippen molar-refractivity contribution in [1.29, 1.82) is 0 Å². The minimum Gasteiger partial charge on any atom is -0.465 e. The van der Waals surface area contributed by atoms with Gasteiger partial charge in [-0.05, 0) is 25.1 Å². The van der Waals surface area contributed by atoms with Crippen molar-refractivity contribution in [2.45, 2.75) is 11.9 Å². The van der Waals surface area contributed by atoms with Crippen LogP contribution < -0.4 is 5.32 Å². The summed E-state index contributed by atoms with van der Waals surface area (Å²) in [6.45, 7) is 2.01. The van der Waals surface area contributed by atoms with Gasteiger partial charge in [-0.3, -0.25) is 4.79 Å². The molecule has 0 unspecified atom stereocenters. The molecule has 0 atom stereocenters. The number of rotatable bonds is 5. The second-order valence-corrected chi connectivity index (χ2v) is 7.33. The van der Waals surface area contributed by atoms with Gasteiger partial charge in [0.1, 0.15) is 16.2 Å². The number of amides is 1. The van der Waals surface area contributed by atoms with Crippen LogP contribution in [-0.2, 0) is 9.53 Å². The maximum atomic E-state index is 12.3. The van der Waals surface area contributed by atoms with E-state index in [1.165, 1.54) is 25.2 Å². The second kappa shape index (κ2) is 7.62. The van der Waals surface area contributed by atoms with Gasteiger partial charge in [0.15, 0.2) is 0 Å². The third-order valence-corrected chi connectivity index (χ3v) is 5.33. The molecule has 0 radical (unpaired) electrons. The fraction of sp³-hybridized carbons (Fsp3) is 0.176. The van der Waals surface area contributed by atoms with Crippen LogP contribution in [0.15, 0.2) is 41.7 Å². The lowest BCUT2D eigenvalue weighted by Crippen LogP contribution is -2.17. The highest BCUT2D eigenvalue weighted by Crippen LogP contribution is 2.30. The van der Waals surface area contributed by atoms with Gasteiger partial charge in [0.25, 0.3) is 0 Å². The Labute approximate surface area is 152 Å². The number of thioether (sulfide) groups is 1. The van der Waals surface area contributed by atoms with Crippen molar-refractivity contribution in [2.24, 2.45) is 0 Å². The van der Waals surface area contributed by atoms with Crippen molar-refractivity contribution in [2.75, 3.05) is 18.2 Å². The molecular weight excluding hydrogens is 358 g/mol. The van der Waals surface area contributed by atoms with Gasteiger partial charge >= 0.3 is 5.97 Å². The van der Waals surface area contributed by atoms with Crippen LogP contribution in [0.1, 0.15) is 15.2 Å². The molecule has 25 heavy (non-hydrogen) atoms. The zero-order chi connectivity index (χ0) is 17.8. The Hall–Kier alpha value is -2.45. The summed E-state index contributed by atoms with van der Waals surface area (Å²) in [5, 5.41) is 4.47. The number of anilines is 1. The maximum Gasteiger partial charge on any atom is 0.339 e. The van der Waals surface area contributed by atoms with E-state index in [4.69, 9.17) is 4.74 Å².